The molecule has 0 aliphatic heterocycles. The standard InChI is InChI=1S/C14H21BrN2/c1-10(11-3-2-4-12(15)9-11)17-14-7-5-13(16)6-8-14/h2-4,9-10,13-14,17H,5-8,16H2,1H3. The number of hydrogen-bond donors (Lipinski definition) is 2. The molecule has 2 nitrogen and oxygen atoms in total. The molecule has 94 valence electrons. The molecule has 0 spiro atoms. The van der Waals surface area contributed by atoms with Crippen molar-refractivity contribution in [3.63, 3.8) is 0 Å². The van der Waals surface area contributed by atoms with Gasteiger partial charge in [-0.1, -0.05) is 28.1 Å². The molecular weight excluding hydrogens is 276 g/mol. The van der Waals surface area contributed by atoms with E-state index in [0.717, 1.165) is 17.3 Å². The molecule has 1 aromatic carbocycles. The summed E-state index contributed by atoms with van der Waals surface area (Å²) in [5.41, 5.74) is 7.27. The number of hydrogen-bond acceptors (Lipinski definition) is 2. The first-order chi connectivity index (χ1) is 8.15. The van der Waals surface area contributed by atoms with Crippen molar-refractivity contribution in [2.24, 2.45) is 5.73 Å². The lowest BCUT2D eigenvalue weighted by Gasteiger charge is -2.29. The molecule has 2 rings (SSSR count). The third-order valence-corrected chi connectivity index (χ3v) is 4.10. The SMILES string of the molecule is CC(NC1CCC(N)CC1)c1cccc(Br)c1. The van der Waals surface area contributed by atoms with Crippen LogP contribution in [0.5, 0.6) is 0 Å². The topological polar surface area (TPSA) is 38.0 Å². The fraction of sp³-hybridized carbons (Fsp3) is 0.571. The number of nitrogens with one attached hydrogen (secondary N) is 1. The normalized spacial score (nSPS) is 26.8. The van der Waals surface area contributed by atoms with E-state index in [0.29, 0.717) is 18.1 Å². The largest absolute Gasteiger partial charge is 0.328 e. The summed E-state index contributed by atoms with van der Waals surface area (Å²) >= 11 is 3.52. The van der Waals surface area contributed by atoms with Gasteiger partial charge in [-0.25, -0.2) is 0 Å². The van der Waals surface area contributed by atoms with Crippen molar-refractivity contribution in [1.29, 1.82) is 0 Å². The summed E-state index contributed by atoms with van der Waals surface area (Å²) in [6.07, 6.45) is 4.73. The molecule has 1 aliphatic rings. The van der Waals surface area contributed by atoms with Crippen LogP contribution in [0.4, 0.5) is 0 Å². The molecule has 1 aromatic rings. The van der Waals surface area contributed by atoms with Gasteiger partial charge in [0.05, 0.1) is 0 Å². The van der Waals surface area contributed by atoms with Crippen molar-refractivity contribution in [3.8, 4) is 0 Å². The van der Waals surface area contributed by atoms with Crippen molar-refractivity contribution in [2.75, 3.05) is 0 Å². The predicted molar refractivity (Wildman–Crippen MR) is 75.9 cm³/mol. The highest BCUT2D eigenvalue weighted by Crippen LogP contribution is 2.22. The molecule has 3 N–H and O–H groups in total. The van der Waals surface area contributed by atoms with Crippen molar-refractivity contribution in [3.05, 3.63) is 34.3 Å². The highest BCUT2D eigenvalue weighted by molar-refractivity contribution is 9.10. The minimum absolute atomic E-state index is 0.409. The summed E-state index contributed by atoms with van der Waals surface area (Å²) in [6, 6.07) is 9.98. The molecule has 0 radical (unpaired) electrons. The average Bonchev–Trinajstić information content (AvgIpc) is 2.32. The molecule has 0 saturated heterocycles. The zero-order valence-electron chi connectivity index (χ0n) is 10.3. The first-order valence-corrected chi connectivity index (χ1v) is 7.21. The van der Waals surface area contributed by atoms with Crippen LogP contribution in [0.3, 0.4) is 0 Å². The van der Waals surface area contributed by atoms with Crippen LogP contribution in [-0.4, -0.2) is 12.1 Å². The molecule has 1 fully saturated rings. The van der Waals surface area contributed by atoms with Crippen LogP contribution in [0.2, 0.25) is 0 Å². The van der Waals surface area contributed by atoms with Gasteiger partial charge in [-0.15, -0.1) is 0 Å². The third-order valence-electron chi connectivity index (χ3n) is 3.61. The van der Waals surface area contributed by atoms with E-state index in [4.69, 9.17) is 5.73 Å². The van der Waals surface area contributed by atoms with Crippen molar-refractivity contribution >= 4 is 15.9 Å². The Morgan fingerprint density at radius 3 is 2.65 bits per heavy atom. The Hall–Kier alpha value is -0.380. The minimum atomic E-state index is 0.409. The first kappa shape index (κ1) is 13.1. The van der Waals surface area contributed by atoms with Gasteiger partial charge >= 0.3 is 0 Å². The Morgan fingerprint density at radius 1 is 1.29 bits per heavy atom. The Labute approximate surface area is 112 Å². The van der Waals surface area contributed by atoms with Crippen LogP contribution in [0.25, 0.3) is 0 Å². The number of halogens is 1. The Balaban J connectivity index is 1.90. The fourth-order valence-corrected chi connectivity index (χ4v) is 2.93. The number of benzene rings is 1. The van der Waals surface area contributed by atoms with Gasteiger partial charge in [-0.3, -0.25) is 0 Å². The maximum absolute atomic E-state index is 5.92. The van der Waals surface area contributed by atoms with E-state index in [1.807, 2.05) is 0 Å². The van der Waals surface area contributed by atoms with Crippen LogP contribution in [0.1, 0.15) is 44.2 Å². The van der Waals surface area contributed by atoms with Gasteiger partial charge in [0.1, 0.15) is 0 Å². The van der Waals surface area contributed by atoms with Crippen LogP contribution < -0.4 is 11.1 Å². The lowest BCUT2D eigenvalue weighted by molar-refractivity contribution is 0.322. The van der Waals surface area contributed by atoms with Crippen molar-refractivity contribution < 1.29 is 0 Å². The quantitative estimate of drug-likeness (QED) is 0.897. The predicted octanol–water partition coefficient (Wildman–Crippen LogP) is 3.37. The highest BCUT2D eigenvalue weighted by atomic mass is 79.9. The number of nitrogens with two attached hydrogens (primary N) is 1. The Morgan fingerprint density at radius 2 is 2.00 bits per heavy atom. The smallest absolute Gasteiger partial charge is 0.0294 e. The van der Waals surface area contributed by atoms with Crippen LogP contribution in [0, 0.1) is 0 Å². The molecule has 17 heavy (non-hydrogen) atoms. The second kappa shape index (κ2) is 5.98. The lowest BCUT2D eigenvalue weighted by atomic mass is 9.91. The van der Waals surface area contributed by atoms with Gasteiger partial charge in [0.2, 0.25) is 0 Å². The maximum Gasteiger partial charge on any atom is 0.0294 e. The van der Waals surface area contributed by atoms with E-state index in [1.54, 1.807) is 0 Å². The average molecular weight is 297 g/mol. The first-order valence-electron chi connectivity index (χ1n) is 6.42. The molecule has 0 amide bonds. The van der Waals surface area contributed by atoms with Crippen LogP contribution in [0.15, 0.2) is 28.7 Å². The molecule has 0 aromatic heterocycles. The van der Waals surface area contributed by atoms with Gasteiger partial charge < -0.3 is 11.1 Å². The second-order valence-electron chi connectivity index (χ2n) is 5.06. The summed E-state index contributed by atoms with van der Waals surface area (Å²) in [7, 11) is 0. The van der Waals surface area contributed by atoms with E-state index >= 15 is 0 Å². The van der Waals surface area contributed by atoms with E-state index < -0.39 is 0 Å². The molecule has 3 heteroatoms. The Kier molecular flexibility index (Phi) is 4.60. The second-order valence-corrected chi connectivity index (χ2v) is 5.97. The summed E-state index contributed by atoms with van der Waals surface area (Å²) in [5.74, 6) is 0. The molecular formula is C14H21BrN2. The fourth-order valence-electron chi connectivity index (χ4n) is 2.51. The summed E-state index contributed by atoms with van der Waals surface area (Å²) in [6.45, 7) is 2.23. The zero-order chi connectivity index (χ0) is 12.3. The Bertz CT molecular complexity index is 359. The van der Waals surface area contributed by atoms with Gasteiger partial charge in [0.25, 0.3) is 0 Å². The summed E-state index contributed by atoms with van der Waals surface area (Å²) in [5, 5.41) is 3.71. The van der Waals surface area contributed by atoms with Gasteiger partial charge in [0.15, 0.2) is 0 Å². The summed E-state index contributed by atoms with van der Waals surface area (Å²) < 4.78 is 1.15. The van der Waals surface area contributed by atoms with Crippen molar-refractivity contribution in [1.82, 2.24) is 5.32 Å². The van der Waals surface area contributed by atoms with Gasteiger partial charge in [-0.2, -0.15) is 0 Å². The van der Waals surface area contributed by atoms with Gasteiger partial charge in [0, 0.05) is 22.6 Å². The van der Waals surface area contributed by atoms with Crippen molar-refractivity contribution in [2.45, 2.75) is 50.7 Å². The third kappa shape index (κ3) is 3.80. The minimum Gasteiger partial charge on any atom is -0.328 e. The molecule has 1 atom stereocenters. The monoisotopic (exact) mass is 296 g/mol. The molecule has 1 saturated carbocycles. The van der Waals surface area contributed by atoms with E-state index in [-0.39, 0.29) is 0 Å². The summed E-state index contributed by atoms with van der Waals surface area (Å²) in [4.78, 5) is 0. The van der Waals surface area contributed by atoms with E-state index in [1.165, 1.54) is 18.4 Å². The molecule has 0 heterocycles. The molecule has 0 bridgehead atoms. The van der Waals surface area contributed by atoms with E-state index in [9.17, 15) is 0 Å². The van der Waals surface area contributed by atoms with Crippen LogP contribution in [-0.2, 0) is 0 Å². The zero-order valence-corrected chi connectivity index (χ0v) is 11.9. The van der Waals surface area contributed by atoms with Gasteiger partial charge in [-0.05, 0) is 50.3 Å². The van der Waals surface area contributed by atoms with E-state index in [2.05, 4.69) is 52.4 Å². The van der Waals surface area contributed by atoms with Crippen LogP contribution >= 0.6 is 15.9 Å². The molecule has 1 unspecified atom stereocenters. The maximum atomic E-state index is 5.92. The lowest BCUT2D eigenvalue weighted by Crippen LogP contribution is -2.38. The highest BCUT2D eigenvalue weighted by Gasteiger charge is 2.20. The molecule has 1 aliphatic carbocycles. The number of rotatable bonds is 3.